The van der Waals surface area contributed by atoms with Crippen molar-refractivity contribution in [2.45, 2.75) is 25.6 Å². The summed E-state index contributed by atoms with van der Waals surface area (Å²) in [6, 6.07) is 5.36. The molecule has 0 radical (unpaired) electrons. The van der Waals surface area contributed by atoms with Crippen LogP contribution in [0.3, 0.4) is 0 Å². The number of halogens is 3. The Morgan fingerprint density at radius 2 is 1.72 bits per heavy atom. The summed E-state index contributed by atoms with van der Waals surface area (Å²) in [7, 11) is 3.98. The highest BCUT2D eigenvalue weighted by molar-refractivity contribution is 5.45. The minimum absolute atomic E-state index is 0.226. The van der Waals surface area contributed by atoms with Crippen molar-refractivity contribution in [3.8, 4) is 0 Å². The molecule has 0 aliphatic carbocycles. The molecule has 1 N–H and O–H groups in total. The van der Waals surface area contributed by atoms with Gasteiger partial charge in [-0.1, -0.05) is 0 Å². The lowest BCUT2D eigenvalue weighted by molar-refractivity contribution is -0.137. The summed E-state index contributed by atoms with van der Waals surface area (Å²) in [6.45, 7) is 2.95. The van der Waals surface area contributed by atoms with Crippen LogP contribution in [0.1, 0.15) is 18.9 Å². The lowest BCUT2D eigenvalue weighted by atomic mass is 10.1. The number of anilines is 1. The number of hydrogen-bond acceptors (Lipinski definition) is 2. The predicted octanol–water partition coefficient (Wildman–Crippen LogP) is 3.46. The normalized spacial score (nSPS) is 13.7. The topological polar surface area (TPSA) is 15.3 Å². The van der Waals surface area contributed by atoms with Crippen molar-refractivity contribution in [1.29, 1.82) is 0 Å². The Balaban J connectivity index is 2.53. The summed E-state index contributed by atoms with van der Waals surface area (Å²) >= 11 is 0. The maximum Gasteiger partial charge on any atom is 0.416 e. The fraction of sp³-hybridized carbons (Fsp3) is 0.538. The molecule has 0 aliphatic heterocycles. The number of nitrogens with zero attached hydrogens (tertiary/aromatic N) is 1. The summed E-state index contributed by atoms with van der Waals surface area (Å²) in [4.78, 5) is 2.07. The van der Waals surface area contributed by atoms with Crippen LogP contribution < -0.4 is 5.32 Å². The summed E-state index contributed by atoms with van der Waals surface area (Å²) in [5.41, 5.74) is 0.100. The number of benzene rings is 1. The zero-order valence-corrected chi connectivity index (χ0v) is 10.9. The third-order valence-electron chi connectivity index (χ3n) is 2.63. The van der Waals surface area contributed by atoms with E-state index in [2.05, 4.69) is 10.2 Å². The van der Waals surface area contributed by atoms with Gasteiger partial charge >= 0.3 is 6.18 Å². The summed E-state index contributed by atoms with van der Waals surface area (Å²) in [6.07, 6.45) is -3.33. The van der Waals surface area contributed by atoms with Gasteiger partial charge in [0.2, 0.25) is 0 Å². The maximum absolute atomic E-state index is 12.4. The fourth-order valence-corrected chi connectivity index (χ4v) is 1.56. The Kier molecular flexibility index (Phi) is 5.02. The second kappa shape index (κ2) is 6.09. The molecule has 0 saturated carbocycles. The van der Waals surface area contributed by atoms with Crippen molar-refractivity contribution in [2.24, 2.45) is 0 Å². The van der Waals surface area contributed by atoms with Gasteiger partial charge in [0.05, 0.1) is 5.56 Å². The van der Waals surface area contributed by atoms with E-state index >= 15 is 0 Å². The molecule has 0 spiro atoms. The van der Waals surface area contributed by atoms with Crippen LogP contribution in [0.5, 0.6) is 0 Å². The Morgan fingerprint density at radius 3 is 2.17 bits per heavy atom. The van der Waals surface area contributed by atoms with E-state index in [1.807, 2.05) is 21.0 Å². The Bertz CT molecular complexity index is 357. The molecule has 1 unspecified atom stereocenters. The van der Waals surface area contributed by atoms with Gasteiger partial charge in [-0.2, -0.15) is 13.2 Å². The third kappa shape index (κ3) is 4.96. The van der Waals surface area contributed by atoms with Crippen LogP contribution in [0.25, 0.3) is 0 Å². The first-order valence-corrected chi connectivity index (χ1v) is 5.87. The zero-order valence-electron chi connectivity index (χ0n) is 10.9. The van der Waals surface area contributed by atoms with Gasteiger partial charge in [0.1, 0.15) is 0 Å². The lowest BCUT2D eigenvalue weighted by Gasteiger charge is -2.18. The standard InChI is InChI=1S/C13H19F3N2/c1-10(8-9-18(2)3)17-12-6-4-11(5-7-12)13(14,15)16/h4-7,10,17H,8-9H2,1-3H3. The molecule has 1 atom stereocenters. The van der Waals surface area contributed by atoms with E-state index < -0.39 is 11.7 Å². The molecule has 0 heterocycles. The minimum atomic E-state index is -4.27. The van der Waals surface area contributed by atoms with Gasteiger partial charge < -0.3 is 10.2 Å². The van der Waals surface area contributed by atoms with Gasteiger partial charge in [0, 0.05) is 11.7 Å². The average Bonchev–Trinajstić information content (AvgIpc) is 2.26. The molecule has 18 heavy (non-hydrogen) atoms. The highest BCUT2D eigenvalue weighted by Crippen LogP contribution is 2.29. The van der Waals surface area contributed by atoms with Crippen LogP contribution in [-0.2, 0) is 6.18 Å². The van der Waals surface area contributed by atoms with E-state index in [-0.39, 0.29) is 6.04 Å². The molecule has 1 aromatic rings. The van der Waals surface area contributed by atoms with Crippen molar-refractivity contribution in [3.05, 3.63) is 29.8 Å². The molecular formula is C13H19F3N2. The molecule has 1 aromatic carbocycles. The van der Waals surface area contributed by atoms with Crippen molar-refractivity contribution < 1.29 is 13.2 Å². The van der Waals surface area contributed by atoms with Gasteiger partial charge in [-0.15, -0.1) is 0 Å². The molecular weight excluding hydrogens is 241 g/mol. The van der Waals surface area contributed by atoms with Gasteiger partial charge in [-0.05, 0) is 58.3 Å². The number of rotatable bonds is 5. The molecule has 0 fully saturated rings. The van der Waals surface area contributed by atoms with Crippen molar-refractivity contribution in [1.82, 2.24) is 4.90 Å². The largest absolute Gasteiger partial charge is 0.416 e. The minimum Gasteiger partial charge on any atom is -0.383 e. The molecule has 102 valence electrons. The monoisotopic (exact) mass is 260 g/mol. The van der Waals surface area contributed by atoms with E-state index in [0.29, 0.717) is 5.69 Å². The lowest BCUT2D eigenvalue weighted by Crippen LogP contribution is -2.23. The number of hydrogen-bond donors (Lipinski definition) is 1. The summed E-state index contributed by atoms with van der Waals surface area (Å²) in [5, 5.41) is 3.18. The van der Waals surface area contributed by atoms with Crippen LogP contribution in [0.2, 0.25) is 0 Å². The number of nitrogens with one attached hydrogen (secondary N) is 1. The van der Waals surface area contributed by atoms with Crippen LogP contribution in [0.4, 0.5) is 18.9 Å². The summed E-state index contributed by atoms with van der Waals surface area (Å²) in [5.74, 6) is 0. The van der Waals surface area contributed by atoms with E-state index in [0.717, 1.165) is 25.1 Å². The quantitative estimate of drug-likeness (QED) is 0.872. The van der Waals surface area contributed by atoms with E-state index in [4.69, 9.17) is 0 Å². The van der Waals surface area contributed by atoms with Gasteiger partial charge in [-0.3, -0.25) is 0 Å². The average molecular weight is 260 g/mol. The summed E-state index contributed by atoms with van der Waals surface area (Å²) < 4.78 is 37.1. The second-order valence-electron chi connectivity index (χ2n) is 4.71. The first-order valence-electron chi connectivity index (χ1n) is 5.87. The van der Waals surface area contributed by atoms with Crippen molar-refractivity contribution >= 4 is 5.69 Å². The second-order valence-corrected chi connectivity index (χ2v) is 4.71. The van der Waals surface area contributed by atoms with Crippen molar-refractivity contribution in [2.75, 3.05) is 26.0 Å². The molecule has 2 nitrogen and oxygen atoms in total. The zero-order chi connectivity index (χ0) is 13.8. The van der Waals surface area contributed by atoms with E-state index in [9.17, 15) is 13.2 Å². The third-order valence-corrected chi connectivity index (χ3v) is 2.63. The first kappa shape index (κ1) is 14.8. The van der Waals surface area contributed by atoms with Crippen LogP contribution >= 0.6 is 0 Å². The molecule has 0 aromatic heterocycles. The molecule has 1 rings (SSSR count). The number of alkyl halides is 3. The van der Waals surface area contributed by atoms with Gasteiger partial charge in [-0.25, -0.2) is 0 Å². The maximum atomic E-state index is 12.4. The smallest absolute Gasteiger partial charge is 0.383 e. The molecule has 0 amide bonds. The highest BCUT2D eigenvalue weighted by Gasteiger charge is 2.29. The Hall–Kier alpha value is -1.23. The highest BCUT2D eigenvalue weighted by atomic mass is 19.4. The Labute approximate surface area is 106 Å². The fourth-order valence-electron chi connectivity index (χ4n) is 1.56. The van der Waals surface area contributed by atoms with Crippen LogP contribution in [-0.4, -0.2) is 31.6 Å². The van der Waals surface area contributed by atoms with Crippen LogP contribution in [0, 0.1) is 0 Å². The van der Waals surface area contributed by atoms with E-state index in [1.54, 1.807) is 0 Å². The predicted molar refractivity (Wildman–Crippen MR) is 67.7 cm³/mol. The van der Waals surface area contributed by atoms with Gasteiger partial charge in [0.15, 0.2) is 0 Å². The molecule has 0 bridgehead atoms. The molecule has 0 aliphatic rings. The SMILES string of the molecule is CC(CCN(C)C)Nc1ccc(C(F)(F)F)cc1. The van der Waals surface area contributed by atoms with Crippen LogP contribution in [0.15, 0.2) is 24.3 Å². The van der Waals surface area contributed by atoms with Gasteiger partial charge in [0.25, 0.3) is 0 Å². The molecule has 0 saturated heterocycles. The van der Waals surface area contributed by atoms with E-state index in [1.165, 1.54) is 12.1 Å². The Morgan fingerprint density at radius 1 is 1.17 bits per heavy atom. The van der Waals surface area contributed by atoms with Crippen molar-refractivity contribution in [3.63, 3.8) is 0 Å². The first-order chi connectivity index (χ1) is 8.29. The molecule has 5 heteroatoms.